The molecule has 20 heavy (non-hydrogen) atoms. The summed E-state index contributed by atoms with van der Waals surface area (Å²) in [5.74, 6) is 1.38. The van der Waals surface area contributed by atoms with Gasteiger partial charge in [0, 0.05) is 0 Å². The third kappa shape index (κ3) is 2.09. The predicted octanol–water partition coefficient (Wildman–Crippen LogP) is 0.289. The number of ether oxygens (including phenoxy) is 1. The first-order valence-corrected chi connectivity index (χ1v) is 6.74. The van der Waals surface area contributed by atoms with Crippen LogP contribution < -0.4 is 10.5 Å². The third-order valence-electron chi connectivity index (χ3n) is 2.46. The van der Waals surface area contributed by atoms with Crippen LogP contribution in [0.3, 0.4) is 0 Å². The highest BCUT2D eigenvalue weighted by Crippen LogP contribution is 2.17. The zero-order valence-electron chi connectivity index (χ0n) is 10.7. The summed E-state index contributed by atoms with van der Waals surface area (Å²) < 4.78 is 6.31. The molecule has 9 nitrogen and oxygen atoms in total. The van der Waals surface area contributed by atoms with Gasteiger partial charge in [0.05, 0.1) is 19.5 Å². The summed E-state index contributed by atoms with van der Waals surface area (Å²) >= 11 is 1.38. The summed E-state index contributed by atoms with van der Waals surface area (Å²) in [7, 11) is 1.52. The highest BCUT2D eigenvalue weighted by molar-refractivity contribution is 7.98. The Balaban J connectivity index is 2.09. The van der Waals surface area contributed by atoms with E-state index in [1.807, 2.05) is 6.26 Å². The number of fused-ring (bicyclic) bond motifs is 1. The molecular formula is C10H10N8OS. The Bertz CT molecular complexity index is 756. The number of anilines is 1. The van der Waals surface area contributed by atoms with E-state index in [0.29, 0.717) is 28.3 Å². The molecule has 0 fully saturated rings. The summed E-state index contributed by atoms with van der Waals surface area (Å²) in [6.45, 7) is 0. The van der Waals surface area contributed by atoms with Crippen molar-refractivity contribution in [3.63, 3.8) is 0 Å². The number of nitrogens with zero attached hydrogens (tertiary/aromatic N) is 7. The molecule has 0 spiro atoms. The van der Waals surface area contributed by atoms with Gasteiger partial charge in [-0.2, -0.15) is 19.5 Å². The maximum Gasteiger partial charge on any atom is 0.258 e. The quantitative estimate of drug-likeness (QED) is 0.679. The van der Waals surface area contributed by atoms with Crippen molar-refractivity contribution in [1.82, 2.24) is 34.5 Å². The highest BCUT2D eigenvalue weighted by Gasteiger charge is 2.13. The van der Waals surface area contributed by atoms with Gasteiger partial charge in [-0.3, -0.25) is 0 Å². The van der Waals surface area contributed by atoms with Crippen molar-refractivity contribution >= 4 is 23.5 Å². The minimum atomic E-state index is 0.222. The van der Waals surface area contributed by atoms with Gasteiger partial charge in [0.25, 0.3) is 5.78 Å². The van der Waals surface area contributed by atoms with Crippen molar-refractivity contribution in [3.05, 3.63) is 12.4 Å². The van der Waals surface area contributed by atoms with Crippen molar-refractivity contribution in [3.8, 4) is 17.4 Å². The second-order valence-corrected chi connectivity index (χ2v) is 4.43. The Morgan fingerprint density at radius 3 is 2.70 bits per heavy atom. The summed E-state index contributed by atoms with van der Waals surface area (Å²) in [5, 5.41) is 4.75. The maximum atomic E-state index is 5.81. The molecule has 0 amide bonds. The largest absolute Gasteiger partial charge is 0.480 e. The van der Waals surface area contributed by atoms with Gasteiger partial charge >= 0.3 is 0 Å². The number of methoxy groups -OCH3 is 1. The van der Waals surface area contributed by atoms with Crippen LogP contribution in [0.2, 0.25) is 0 Å². The van der Waals surface area contributed by atoms with E-state index < -0.39 is 0 Å². The standard InChI is InChI=1S/C10H10N8OS/c1-19-6-4-12-5(3-13-6)7-14-9-16-10(20-2)15-8(11)18(9)17-7/h3-4H,1-2H3,(H2,11,14,15,16,17). The molecule has 102 valence electrons. The molecular weight excluding hydrogens is 280 g/mol. The summed E-state index contributed by atoms with van der Waals surface area (Å²) in [6.07, 6.45) is 4.87. The number of hydrogen-bond acceptors (Lipinski definition) is 9. The van der Waals surface area contributed by atoms with Crippen LogP contribution in [0.25, 0.3) is 17.3 Å². The van der Waals surface area contributed by atoms with Crippen LogP contribution in [0.15, 0.2) is 17.6 Å². The Kier molecular flexibility index (Phi) is 3.06. The Morgan fingerprint density at radius 2 is 2.05 bits per heavy atom. The number of rotatable bonds is 3. The van der Waals surface area contributed by atoms with Crippen LogP contribution in [-0.2, 0) is 0 Å². The summed E-state index contributed by atoms with van der Waals surface area (Å²) in [4.78, 5) is 20.8. The smallest absolute Gasteiger partial charge is 0.258 e. The van der Waals surface area contributed by atoms with Crippen LogP contribution in [-0.4, -0.2) is 47.9 Å². The fraction of sp³-hybridized carbons (Fsp3) is 0.200. The fourth-order valence-electron chi connectivity index (χ4n) is 1.52. The molecule has 0 aromatic carbocycles. The Labute approximate surface area is 117 Å². The van der Waals surface area contributed by atoms with Gasteiger partial charge in [-0.25, -0.2) is 9.97 Å². The van der Waals surface area contributed by atoms with Crippen molar-refractivity contribution in [1.29, 1.82) is 0 Å². The topological polar surface area (TPSA) is 117 Å². The van der Waals surface area contributed by atoms with Crippen molar-refractivity contribution in [2.45, 2.75) is 5.16 Å². The molecule has 0 unspecified atom stereocenters. The van der Waals surface area contributed by atoms with Crippen LogP contribution >= 0.6 is 11.8 Å². The Morgan fingerprint density at radius 1 is 1.20 bits per heavy atom. The highest BCUT2D eigenvalue weighted by atomic mass is 32.2. The van der Waals surface area contributed by atoms with Gasteiger partial charge in [-0.1, -0.05) is 11.8 Å². The van der Waals surface area contributed by atoms with Gasteiger partial charge in [0.1, 0.15) is 5.69 Å². The maximum absolute atomic E-state index is 5.81. The number of aromatic nitrogens is 7. The van der Waals surface area contributed by atoms with Crippen molar-refractivity contribution < 1.29 is 4.74 Å². The molecule has 0 bridgehead atoms. The van der Waals surface area contributed by atoms with E-state index in [1.165, 1.54) is 35.8 Å². The predicted molar refractivity (Wildman–Crippen MR) is 72.3 cm³/mol. The van der Waals surface area contributed by atoms with Crippen molar-refractivity contribution in [2.75, 3.05) is 19.1 Å². The van der Waals surface area contributed by atoms with Gasteiger partial charge in [-0.15, -0.1) is 5.10 Å². The molecule has 0 saturated heterocycles. The zero-order chi connectivity index (χ0) is 14.1. The minimum absolute atomic E-state index is 0.222. The van der Waals surface area contributed by atoms with Crippen LogP contribution in [0.1, 0.15) is 0 Å². The normalized spacial score (nSPS) is 10.9. The average Bonchev–Trinajstić information content (AvgIpc) is 2.92. The lowest BCUT2D eigenvalue weighted by Gasteiger charge is -1.98. The molecule has 0 aliphatic carbocycles. The molecule has 2 N–H and O–H groups in total. The summed E-state index contributed by atoms with van der Waals surface area (Å²) in [5.41, 5.74) is 6.31. The van der Waals surface area contributed by atoms with E-state index in [-0.39, 0.29) is 5.95 Å². The number of nitrogen functional groups attached to an aromatic ring is 1. The lowest BCUT2D eigenvalue weighted by molar-refractivity contribution is 0.396. The lowest BCUT2D eigenvalue weighted by atomic mass is 10.4. The average molecular weight is 290 g/mol. The molecule has 0 atom stereocenters. The molecule has 0 saturated carbocycles. The summed E-state index contributed by atoms with van der Waals surface area (Å²) in [6, 6.07) is 0. The SMILES string of the molecule is COc1cnc(-c2nc3nc(SC)nc(N)n3n2)cn1. The van der Waals surface area contributed by atoms with E-state index in [2.05, 4.69) is 30.0 Å². The van der Waals surface area contributed by atoms with E-state index in [1.54, 1.807) is 0 Å². The second kappa shape index (κ2) is 4.89. The monoisotopic (exact) mass is 290 g/mol. The van der Waals surface area contributed by atoms with E-state index in [4.69, 9.17) is 10.5 Å². The first kappa shape index (κ1) is 12.5. The molecule has 3 heterocycles. The third-order valence-corrected chi connectivity index (χ3v) is 3.01. The van der Waals surface area contributed by atoms with Crippen molar-refractivity contribution in [2.24, 2.45) is 0 Å². The molecule has 3 aromatic heterocycles. The Hall–Kier alpha value is -2.49. The van der Waals surface area contributed by atoms with Crippen LogP contribution in [0.4, 0.5) is 5.95 Å². The van der Waals surface area contributed by atoms with E-state index >= 15 is 0 Å². The minimum Gasteiger partial charge on any atom is -0.480 e. The molecule has 0 aliphatic heterocycles. The van der Waals surface area contributed by atoms with Crippen LogP contribution in [0, 0.1) is 0 Å². The molecule has 3 aromatic rings. The molecule has 10 heteroatoms. The molecule has 3 rings (SSSR count). The van der Waals surface area contributed by atoms with Gasteiger partial charge in [0.2, 0.25) is 17.7 Å². The molecule has 0 aliphatic rings. The molecule has 0 radical (unpaired) electrons. The lowest BCUT2D eigenvalue weighted by Crippen LogP contribution is -2.04. The van der Waals surface area contributed by atoms with E-state index in [0.717, 1.165) is 0 Å². The number of hydrogen-bond donors (Lipinski definition) is 1. The fourth-order valence-corrected chi connectivity index (χ4v) is 1.88. The second-order valence-electron chi connectivity index (χ2n) is 3.66. The first-order chi connectivity index (χ1) is 9.71. The number of thioether (sulfide) groups is 1. The van der Waals surface area contributed by atoms with Crippen LogP contribution in [0.5, 0.6) is 5.88 Å². The zero-order valence-corrected chi connectivity index (χ0v) is 11.5. The van der Waals surface area contributed by atoms with Gasteiger partial charge in [-0.05, 0) is 6.26 Å². The van der Waals surface area contributed by atoms with Gasteiger partial charge < -0.3 is 10.5 Å². The van der Waals surface area contributed by atoms with Gasteiger partial charge in [0.15, 0.2) is 5.16 Å². The number of nitrogens with two attached hydrogens (primary N) is 1. The first-order valence-electron chi connectivity index (χ1n) is 5.52. The van der Waals surface area contributed by atoms with E-state index in [9.17, 15) is 0 Å².